The van der Waals surface area contributed by atoms with Gasteiger partial charge in [-0.15, -0.1) is 0 Å². The monoisotopic (exact) mass is 237 g/mol. The number of anilines is 1. The quantitative estimate of drug-likeness (QED) is 0.859. The molecule has 2 rings (SSSR count). The van der Waals surface area contributed by atoms with E-state index in [2.05, 4.69) is 13.8 Å². The van der Waals surface area contributed by atoms with Gasteiger partial charge >= 0.3 is 5.97 Å². The van der Waals surface area contributed by atoms with Gasteiger partial charge in [-0.1, -0.05) is 13.8 Å². The lowest BCUT2D eigenvalue weighted by Crippen LogP contribution is -2.21. The molecule has 0 bridgehead atoms. The number of hydrogen-bond donors (Lipinski definition) is 1. The summed E-state index contributed by atoms with van der Waals surface area (Å²) in [6, 6.07) is 4.10. The van der Waals surface area contributed by atoms with Crippen LogP contribution in [0.25, 0.3) is 0 Å². The van der Waals surface area contributed by atoms with E-state index >= 15 is 0 Å². The van der Waals surface area contributed by atoms with E-state index in [1.165, 1.54) is 6.07 Å². The topological polar surface area (TPSA) is 40.5 Å². The summed E-state index contributed by atoms with van der Waals surface area (Å²) in [5.41, 5.74) is 0.498. The summed E-state index contributed by atoms with van der Waals surface area (Å²) in [6.07, 6.45) is 0. The van der Waals surface area contributed by atoms with E-state index in [0.29, 0.717) is 17.5 Å². The molecule has 1 N–H and O–H groups in total. The maximum Gasteiger partial charge on any atom is 0.335 e. The van der Waals surface area contributed by atoms with Crippen LogP contribution in [-0.2, 0) is 0 Å². The summed E-state index contributed by atoms with van der Waals surface area (Å²) in [5, 5.41) is 8.77. The Morgan fingerprint density at radius 1 is 1.35 bits per heavy atom. The van der Waals surface area contributed by atoms with Crippen LogP contribution in [0.5, 0.6) is 0 Å². The summed E-state index contributed by atoms with van der Waals surface area (Å²) in [7, 11) is 0. The second kappa shape index (κ2) is 4.35. The number of nitrogens with zero attached hydrogens (tertiary/aromatic N) is 1. The van der Waals surface area contributed by atoms with E-state index in [-0.39, 0.29) is 5.56 Å². The molecule has 1 fully saturated rings. The molecule has 1 aliphatic rings. The zero-order valence-corrected chi connectivity index (χ0v) is 9.98. The molecule has 0 aliphatic carbocycles. The van der Waals surface area contributed by atoms with Gasteiger partial charge in [-0.2, -0.15) is 0 Å². The normalized spacial score (nSPS) is 24.1. The minimum absolute atomic E-state index is 0.00783. The number of carbonyl (C=O) groups is 1. The first-order valence-electron chi connectivity index (χ1n) is 5.77. The molecule has 0 radical (unpaired) electrons. The van der Waals surface area contributed by atoms with Gasteiger partial charge in [0.2, 0.25) is 0 Å². The lowest BCUT2D eigenvalue weighted by Gasteiger charge is -2.19. The molecule has 92 valence electrons. The lowest BCUT2D eigenvalue weighted by molar-refractivity contribution is 0.0696. The van der Waals surface area contributed by atoms with Crippen molar-refractivity contribution in [2.45, 2.75) is 13.8 Å². The number of halogens is 1. The SMILES string of the molecule is CC1CN(c2ccc(C(=O)O)cc2F)CC1C. The molecule has 3 nitrogen and oxygen atoms in total. The van der Waals surface area contributed by atoms with Crippen LogP contribution in [-0.4, -0.2) is 24.2 Å². The Balaban J connectivity index is 2.26. The fourth-order valence-corrected chi connectivity index (χ4v) is 2.22. The minimum Gasteiger partial charge on any atom is -0.478 e. The Kier molecular flexibility index (Phi) is 3.05. The molecule has 1 heterocycles. The lowest BCUT2D eigenvalue weighted by atomic mass is 10.0. The highest BCUT2D eigenvalue weighted by atomic mass is 19.1. The number of carboxylic acids is 1. The smallest absolute Gasteiger partial charge is 0.335 e. The van der Waals surface area contributed by atoms with Crippen LogP contribution in [0.2, 0.25) is 0 Å². The molecule has 1 aliphatic heterocycles. The predicted molar refractivity (Wildman–Crippen MR) is 63.9 cm³/mol. The first-order valence-corrected chi connectivity index (χ1v) is 5.77. The van der Waals surface area contributed by atoms with Gasteiger partial charge in [0, 0.05) is 13.1 Å². The van der Waals surface area contributed by atoms with E-state index in [1.54, 1.807) is 6.07 Å². The third kappa shape index (κ3) is 2.25. The standard InChI is InChI=1S/C13H16FNO2/c1-8-6-15(7-9(8)2)12-4-3-10(13(16)17)5-11(12)14/h3-5,8-9H,6-7H2,1-2H3,(H,16,17). The third-order valence-corrected chi connectivity index (χ3v) is 3.52. The highest BCUT2D eigenvalue weighted by Crippen LogP contribution is 2.29. The summed E-state index contributed by atoms with van der Waals surface area (Å²) < 4.78 is 13.8. The average Bonchev–Trinajstić information content (AvgIpc) is 2.58. The molecule has 0 saturated carbocycles. The van der Waals surface area contributed by atoms with Crippen molar-refractivity contribution < 1.29 is 14.3 Å². The van der Waals surface area contributed by atoms with Crippen molar-refractivity contribution >= 4 is 11.7 Å². The van der Waals surface area contributed by atoms with Gasteiger partial charge in [-0.05, 0) is 30.0 Å². The van der Waals surface area contributed by atoms with Crippen LogP contribution < -0.4 is 4.90 Å². The molecule has 1 aromatic carbocycles. The summed E-state index contributed by atoms with van der Waals surface area (Å²) >= 11 is 0. The number of carboxylic acid groups (broad SMARTS) is 1. The maximum absolute atomic E-state index is 13.8. The maximum atomic E-state index is 13.8. The van der Waals surface area contributed by atoms with Gasteiger partial charge in [-0.3, -0.25) is 0 Å². The minimum atomic E-state index is -1.10. The number of rotatable bonds is 2. The van der Waals surface area contributed by atoms with E-state index in [9.17, 15) is 9.18 Å². The fourth-order valence-electron chi connectivity index (χ4n) is 2.22. The zero-order chi connectivity index (χ0) is 12.6. The molecule has 1 aromatic rings. The van der Waals surface area contributed by atoms with Gasteiger partial charge in [0.1, 0.15) is 5.82 Å². The molecule has 2 unspecified atom stereocenters. The summed E-state index contributed by atoms with van der Waals surface area (Å²) in [4.78, 5) is 12.7. The van der Waals surface area contributed by atoms with Crippen LogP contribution in [0.1, 0.15) is 24.2 Å². The Morgan fingerprint density at radius 2 is 1.94 bits per heavy atom. The second-order valence-corrected chi connectivity index (χ2v) is 4.83. The van der Waals surface area contributed by atoms with Gasteiger partial charge in [0.25, 0.3) is 0 Å². The van der Waals surface area contributed by atoms with Gasteiger partial charge in [-0.25, -0.2) is 9.18 Å². The zero-order valence-electron chi connectivity index (χ0n) is 9.98. The van der Waals surface area contributed by atoms with E-state index < -0.39 is 11.8 Å². The van der Waals surface area contributed by atoms with Crippen molar-refractivity contribution in [1.82, 2.24) is 0 Å². The van der Waals surface area contributed by atoms with Crippen LogP contribution in [0.3, 0.4) is 0 Å². The first-order chi connectivity index (χ1) is 7.99. The molecule has 4 heteroatoms. The highest BCUT2D eigenvalue weighted by Gasteiger charge is 2.27. The molecule has 2 atom stereocenters. The van der Waals surface area contributed by atoms with Crippen molar-refractivity contribution in [3.05, 3.63) is 29.6 Å². The highest BCUT2D eigenvalue weighted by molar-refractivity contribution is 5.88. The van der Waals surface area contributed by atoms with E-state index in [0.717, 1.165) is 19.2 Å². The van der Waals surface area contributed by atoms with Crippen LogP contribution in [0.4, 0.5) is 10.1 Å². The first kappa shape index (κ1) is 11.9. The third-order valence-electron chi connectivity index (χ3n) is 3.52. The predicted octanol–water partition coefficient (Wildman–Crippen LogP) is 2.62. The van der Waals surface area contributed by atoms with Gasteiger partial charge < -0.3 is 10.0 Å². The number of aromatic carboxylic acids is 1. The van der Waals surface area contributed by atoms with Gasteiger partial charge in [0.15, 0.2) is 0 Å². The summed E-state index contributed by atoms with van der Waals surface area (Å²) in [5.74, 6) is -0.480. The van der Waals surface area contributed by atoms with Crippen molar-refractivity contribution in [3.63, 3.8) is 0 Å². The largest absolute Gasteiger partial charge is 0.478 e. The van der Waals surface area contributed by atoms with Crippen molar-refractivity contribution in [1.29, 1.82) is 0 Å². The number of hydrogen-bond acceptors (Lipinski definition) is 2. The van der Waals surface area contributed by atoms with Crippen molar-refractivity contribution in [2.24, 2.45) is 11.8 Å². The molecule has 1 saturated heterocycles. The Labute approximate surface area is 99.9 Å². The molecular weight excluding hydrogens is 221 g/mol. The fraction of sp³-hybridized carbons (Fsp3) is 0.462. The average molecular weight is 237 g/mol. The van der Waals surface area contributed by atoms with Crippen molar-refractivity contribution in [3.8, 4) is 0 Å². The molecule has 0 spiro atoms. The molecule has 17 heavy (non-hydrogen) atoms. The molecule has 0 amide bonds. The van der Waals surface area contributed by atoms with Crippen LogP contribution in [0, 0.1) is 17.7 Å². The Hall–Kier alpha value is -1.58. The van der Waals surface area contributed by atoms with Crippen molar-refractivity contribution in [2.75, 3.05) is 18.0 Å². The van der Waals surface area contributed by atoms with E-state index in [4.69, 9.17) is 5.11 Å². The van der Waals surface area contributed by atoms with Gasteiger partial charge in [0.05, 0.1) is 11.3 Å². The second-order valence-electron chi connectivity index (χ2n) is 4.83. The molecule has 0 aromatic heterocycles. The number of benzene rings is 1. The summed E-state index contributed by atoms with van der Waals surface area (Å²) in [6.45, 7) is 5.94. The van der Waals surface area contributed by atoms with Crippen LogP contribution >= 0.6 is 0 Å². The Morgan fingerprint density at radius 3 is 2.41 bits per heavy atom. The molecular formula is C13H16FNO2. The van der Waals surface area contributed by atoms with E-state index in [1.807, 2.05) is 4.90 Å². The van der Waals surface area contributed by atoms with Crippen LogP contribution in [0.15, 0.2) is 18.2 Å². The Bertz CT molecular complexity index is 437.